The van der Waals surface area contributed by atoms with Gasteiger partial charge in [-0.2, -0.15) is 4.98 Å². The minimum absolute atomic E-state index is 0.198. The van der Waals surface area contributed by atoms with Gasteiger partial charge in [-0.05, 0) is 19.8 Å². The van der Waals surface area contributed by atoms with Gasteiger partial charge in [0.1, 0.15) is 0 Å². The molecule has 1 saturated carbocycles. The van der Waals surface area contributed by atoms with E-state index in [0.717, 1.165) is 25.7 Å². The van der Waals surface area contributed by atoms with Gasteiger partial charge in [0.15, 0.2) is 11.8 Å². The van der Waals surface area contributed by atoms with Gasteiger partial charge in [0.05, 0.1) is 5.41 Å². The molecule has 8 nitrogen and oxygen atoms in total. The SMILES string of the molecule is CN=C(NCCc1nc(C)no1)NCC1(C(=O)N(C)C)CCCC1. The zero-order valence-corrected chi connectivity index (χ0v) is 15.1. The molecule has 8 heteroatoms. The number of guanidine groups is 1. The number of nitrogens with one attached hydrogen (secondary N) is 2. The minimum atomic E-state index is -0.315. The summed E-state index contributed by atoms with van der Waals surface area (Å²) >= 11 is 0. The average Bonchev–Trinajstić information content (AvgIpc) is 3.19. The maximum absolute atomic E-state index is 12.6. The Morgan fingerprint density at radius 3 is 2.58 bits per heavy atom. The molecule has 0 atom stereocenters. The predicted octanol–water partition coefficient (Wildman–Crippen LogP) is 0.734. The van der Waals surface area contributed by atoms with Crippen LogP contribution in [0.1, 0.15) is 37.4 Å². The number of aliphatic imine (C=N–C) groups is 1. The van der Waals surface area contributed by atoms with Crippen molar-refractivity contribution in [1.82, 2.24) is 25.7 Å². The highest BCUT2D eigenvalue weighted by Crippen LogP contribution is 2.38. The fourth-order valence-electron chi connectivity index (χ4n) is 3.20. The van der Waals surface area contributed by atoms with E-state index in [4.69, 9.17) is 4.52 Å². The minimum Gasteiger partial charge on any atom is -0.356 e. The van der Waals surface area contributed by atoms with Gasteiger partial charge in [-0.3, -0.25) is 9.79 Å². The molecule has 1 heterocycles. The summed E-state index contributed by atoms with van der Waals surface area (Å²) in [6.07, 6.45) is 4.68. The van der Waals surface area contributed by atoms with Gasteiger partial charge >= 0.3 is 0 Å². The van der Waals surface area contributed by atoms with E-state index >= 15 is 0 Å². The van der Waals surface area contributed by atoms with Crippen LogP contribution >= 0.6 is 0 Å². The van der Waals surface area contributed by atoms with Gasteiger partial charge < -0.3 is 20.1 Å². The van der Waals surface area contributed by atoms with Crippen molar-refractivity contribution in [3.05, 3.63) is 11.7 Å². The lowest BCUT2D eigenvalue weighted by Crippen LogP contribution is -2.49. The lowest BCUT2D eigenvalue weighted by Gasteiger charge is -2.31. The Balaban J connectivity index is 1.84. The lowest BCUT2D eigenvalue weighted by molar-refractivity contribution is -0.138. The number of carbonyl (C=O) groups is 1. The van der Waals surface area contributed by atoms with Crippen molar-refractivity contribution in [3.63, 3.8) is 0 Å². The van der Waals surface area contributed by atoms with Crippen LogP contribution in [0.2, 0.25) is 0 Å². The highest BCUT2D eigenvalue weighted by Gasteiger charge is 2.42. The van der Waals surface area contributed by atoms with Crippen LogP contribution in [0.25, 0.3) is 0 Å². The van der Waals surface area contributed by atoms with Crippen LogP contribution in [0.5, 0.6) is 0 Å². The second-order valence-corrected chi connectivity index (χ2v) is 6.52. The van der Waals surface area contributed by atoms with E-state index in [1.165, 1.54) is 0 Å². The van der Waals surface area contributed by atoms with Gasteiger partial charge in [-0.25, -0.2) is 0 Å². The monoisotopic (exact) mass is 336 g/mol. The number of rotatable bonds is 6. The standard InChI is InChI=1S/C16H28N6O2/c1-12-20-13(24-21-12)7-10-18-15(17-2)19-11-16(8-5-6-9-16)14(23)22(3)4/h5-11H2,1-4H3,(H2,17,18,19). The Hall–Kier alpha value is -2.12. The van der Waals surface area contributed by atoms with E-state index in [2.05, 4.69) is 25.8 Å². The number of aryl methyl sites for hydroxylation is 1. The van der Waals surface area contributed by atoms with Crippen molar-refractivity contribution < 1.29 is 9.32 Å². The molecule has 0 radical (unpaired) electrons. The Bertz CT molecular complexity index is 575. The van der Waals surface area contributed by atoms with Gasteiger partial charge in [0.25, 0.3) is 0 Å². The predicted molar refractivity (Wildman–Crippen MR) is 91.7 cm³/mol. The summed E-state index contributed by atoms with van der Waals surface area (Å²) in [6, 6.07) is 0. The number of nitrogens with zero attached hydrogens (tertiary/aromatic N) is 4. The molecule has 0 bridgehead atoms. The largest absolute Gasteiger partial charge is 0.356 e. The fraction of sp³-hybridized carbons (Fsp3) is 0.750. The Kier molecular flexibility index (Phi) is 6.16. The van der Waals surface area contributed by atoms with Crippen molar-refractivity contribution in [1.29, 1.82) is 0 Å². The molecule has 2 rings (SSSR count). The van der Waals surface area contributed by atoms with Gasteiger partial charge in [-0.15, -0.1) is 0 Å². The quantitative estimate of drug-likeness (QED) is 0.587. The van der Waals surface area contributed by atoms with Crippen molar-refractivity contribution in [2.75, 3.05) is 34.2 Å². The highest BCUT2D eigenvalue weighted by atomic mass is 16.5. The summed E-state index contributed by atoms with van der Waals surface area (Å²) < 4.78 is 5.08. The lowest BCUT2D eigenvalue weighted by atomic mass is 9.84. The molecule has 1 aromatic rings. The van der Waals surface area contributed by atoms with Crippen LogP contribution < -0.4 is 10.6 Å². The third-order valence-corrected chi connectivity index (χ3v) is 4.44. The fourth-order valence-corrected chi connectivity index (χ4v) is 3.20. The molecule has 1 fully saturated rings. The van der Waals surface area contributed by atoms with Crippen LogP contribution in [0, 0.1) is 12.3 Å². The summed E-state index contributed by atoms with van der Waals surface area (Å²) in [5.41, 5.74) is -0.315. The van der Waals surface area contributed by atoms with Gasteiger partial charge in [0, 0.05) is 40.7 Å². The molecule has 0 spiro atoms. The van der Waals surface area contributed by atoms with E-state index in [1.54, 1.807) is 18.9 Å². The van der Waals surface area contributed by atoms with Crippen LogP contribution in [0.3, 0.4) is 0 Å². The van der Waals surface area contributed by atoms with E-state index in [1.807, 2.05) is 14.1 Å². The number of carbonyl (C=O) groups excluding carboxylic acids is 1. The van der Waals surface area contributed by atoms with E-state index in [9.17, 15) is 4.79 Å². The molecule has 1 aliphatic rings. The zero-order chi connectivity index (χ0) is 17.6. The molecule has 0 saturated heterocycles. The van der Waals surface area contributed by atoms with Crippen LogP contribution in [-0.4, -0.2) is 61.1 Å². The first-order valence-corrected chi connectivity index (χ1v) is 8.42. The van der Waals surface area contributed by atoms with Crippen molar-refractivity contribution in [3.8, 4) is 0 Å². The molecular weight excluding hydrogens is 308 g/mol. The molecule has 24 heavy (non-hydrogen) atoms. The van der Waals surface area contributed by atoms with Crippen LogP contribution in [0.15, 0.2) is 9.52 Å². The summed E-state index contributed by atoms with van der Waals surface area (Å²) in [5, 5.41) is 10.3. The first-order valence-electron chi connectivity index (χ1n) is 8.42. The summed E-state index contributed by atoms with van der Waals surface area (Å²) in [5.74, 6) is 2.12. The number of aromatic nitrogens is 2. The maximum Gasteiger partial charge on any atom is 0.230 e. The molecule has 0 aromatic carbocycles. The molecular formula is C16H28N6O2. The number of hydrogen-bond donors (Lipinski definition) is 2. The van der Waals surface area contributed by atoms with E-state index < -0.39 is 0 Å². The van der Waals surface area contributed by atoms with Crippen molar-refractivity contribution >= 4 is 11.9 Å². The summed E-state index contributed by atoms with van der Waals surface area (Å²) in [7, 11) is 5.37. The summed E-state index contributed by atoms with van der Waals surface area (Å²) in [6.45, 7) is 3.03. The van der Waals surface area contributed by atoms with Crippen LogP contribution in [0.4, 0.5) is 0 Å². The third-order valence-electron chi connectivity index (χ3n) is 4.44. The van der Waals surface area contributed by atoms with Gasteiger partial charge in [0.2, 0.25) is 11.8 Å². The zero-order valence-electron chi connectivity index (χ0n) is 15.1. The Morgan fingerprint density at radius 2 is 2.04 bits per heavy atom. The molecule has 0 unspecified atom stereocenters. The first kappa shape index (κ1) is 18.2. The maximum atomic E-state index is 12.6. The third kappa shape index (κ3) is 4.46. The van der Waals surface area contributed by atoms with E-state index in [0.29, 0.717) is 37.2 Å². The normalized spacial score (nSPS) is 16.9. The molecule has 1 aromatic heterocycles. The Morgan fingerprint density at radius 1 is 1.33 bits per heavy atom. The summed E-state index contributed by atoms with van der Waals surface area (Å²) in [4.78, 5) is 22.7. The number of hydrogen-bond acceptors (Lipinski definition) is 5. The molecule has 1 aliphatic carbocycles. The van der Waals surface area contributed by atoms with Crippen LogP contribution in [-0.2, 0) is 11.2 Å². The second kappa shape index (κ2) is 8.12. The first-order chi connectivity index (χ1) is 11.5. The molecule has 1 amide bonds. The molecule has 0 aliphatic heterocycles. The Labute approximate surface area is 143 Å². The average molecular weight is 336 g/mol. The van der Waals surface area contributed by atoms with E-state index in [-0.39, 0.29) is 11.3 Å². The smallest absolute Gasteiger partial charge is 0.230 e. The highest BCUT2D eigenvalue weighted by molar-refractivity contribution is 5.85. The second-order valence-electron chi connectivity index (χ2n) is 6.52. The topological polar surface area (TPSA) is 95.6 Å². The van der Waals surface area contributed by atoms with Gasteiger partial charge in [-0.1, -0.05) is 18.0 Å². The number of amides is 1. The molecule has 2 N–H and O–H groups in total. The molecule has 134 valence electrons. The van der Waals surface area contributed by atoms with Crippen molar-refractivity contribution in [2.45, 2.75) is 39.0 Å². The van der Waals surface area contributed by atoms with Crippen molar-refractivity contribution in [2.24, 2.45) is 10.4 Å².